The van der Waals surface area contributed by atoms with Gasteiger partial charge >= 0.3 is 5.97 Å². The highest BCUT2D eigenvalue weighted by molar-refractivity contribution is 6.32. The lowest BCUT2D eigenvalue weighted by molar-refractivity contribution is -0.384. The number of nitro groups is 1. The van der Waals surface area contributed by atoms with Crippen LogP contribution in [-0.2, 0) is 19.7 Å². The lowest BCUT2D eigenvalue weighted by atomic mass is 9.85. The van der Waals surface area contributed by atoms with Crippen LogP contribution in [0.15, 0.2) is 48.5 Å². The van der Waals surface area contributed by atoms with E-state index in [4.69, 9.17) is 16.3 Å². The van der Waals surface area contributed by atoms with Crippen LogP contribution in [0.4, 0.5) is 11.4 Å². The lowest BCUT2D eigenvalue weighted by Crippen LogP contribution is -2.33. The third-order valence-corrected chi connectivity index (χ3v) is 4.09. The van der Waals surface area contributed by atoms with Crippen molar-refractivity contribution in [2.75, 3.05) is 11.9 Å². The highest BCUT2D eigenvalue weighted by Crippen LogP contribution is 2.27. The molecule has 0 bridgehead atoms. The number of benzene rings is 2. The molecule has 0 spiro atoms. The lowest BCUT2D eigenvalue weighted by Gasteiger charge is -2.22. The van der Waals surface area contributed by atoms with Crippen LogP contribution < -0.4 is 5.32 Å². The van der Waals surface area contributed by atoms with Crippen LogP contribution in [0, 0.1) is 10.1 Å². The summed E-state index contributed by atoms with van der Waals surface area (Å²) in [4.78, 5) is 34.5. The summed E-state index contributed by atoms with van der Waals surface area (Å²) in [7, 11) is 0. The summed E-state index contributed by atoms with van der Waals surface area (Å²) >= 11 is 5.72. The van der Waals surface area contributed by atoms with E-state index in [2.05, 4.69) is 5.32 Å². The van der Waals surface area contributed by atoms with Crippen molar-refractivity contribution in [2.24, 2.45) is 0 Å². The number of hydrogen-bond donors (Lipinski definition) is 1. The number of hydrogen-bond acceptors (Lipinski definition) is 5. The Labute approximate surface area is 155 Å². The first kappa shape index (κ1) is 19.4. The molecule has 0 aliphatic heterocycles. The standard InChI is InChI=1S/C18H17ClN2O5/c1-18(2,12-6-4-3-5-7-12)17(23)26-11-16(22)20-13-8-9-14(19)15(10-13)21(24)25/h3-10H,11H2,1-2H3,(H,20,22). The second-order valence-electron chi connectivity index (χ2n) is 6.04. The second kappa shape index (κ2) is 7.97. The maximum absolute atomic E-state index is 12.3. The Bertz CT molecular complexity index is 837. The molecule has 2 aromatic rings. The summed E-state index contributed by atoms with van der Waals surface area (Å²) < 4.78 is 5.09. The molecule has 26 heavy (non-hydrogen) atoms. The average Bonchev–Trinajstić information content (AvgIpc) is 2.61. The fraction of sp³-hybridized carbons (Fsp3) is 0.222. The molecular weight excluding hydrogens is 360 g/mol. The summed E-state index contributed by atoms with van der Waals surface area (Å²) in [5, 5.41) is 13.3. The zero-order valence-corrected chi connectivity index (χ0v) is 14.9. The minimum absolute atomic E-state index is 0.0379. The third-order valence-electron chi connectivity index (χ3n) is 3.77. The van der Waals surface area contributed by atoms with E-state index in [0.717, 1.165) is 11.6 Å². The van der Waals surface area contributed by atoms with E-state index in [-0.39, 0.29) is 16.4 Å². The number of nitro benzene ring substituents is 1. The number of carbonyl (C=O) groups is 2. The maximum Gasteiger partial charge on any atom is 0.316 e. The van der Waals surface area contributed by atoms with Crippen LogP contribution in [0.2, 0.25) is 5.02 Å². The monoisotopic (exact) mass is 376 g/mol. The van der Waals surface area contributed by atoms with Crippen LogP contribution in [0.5, 0.6) is 0 Å². The van der Waals surface area contributed by atoms with Crippen molar-refractivity contribution in [3.05, 3.63) is 69.2 Å². The first-order valence-corrected chi connectivity index (χ1v) is 8.06. The molecule has 0 saturated heterocycles. The molecule has 2 aromatic carbocycles. The zero-order valence-electron chi connectivity index (χ0n) is 14.2. The van der Waals surface area contributed by atoms with E-state index in [1.165, 1.54) is 12.1 Å². The molecule has 8 heteroatoms. The van der Waals surface area contributed by atoms with Crippen LogP contribution in [0.1, 0.15) is 19.4 Å². The van der Waals surface area contributed by atoms with Gasteiger partial charge in [0.25, 0.3) is 11.6 Å². The Balaban J connectivity index is 1.98. The molecule has 0 atom stereocenters. The third kappa shape index (κ3) is 4.58. The average molecular weight is 377 g/mol. The predicted molar refractivity (Wildman–Crippen MR) is 97.2 cm³/mol. The zero-order chi connectivity index (χ0) is 19.3. The quantitative estimate of drug-likeness (QED) is 0.470. The van der Waals surface area contributed by atoms with Crippen molar-refractivity contribution < 1.29 is 19.2 Å². The number of anilines is 1. The minimum atomic E-state index is -0.916. The molecule has 0 aliphatic rings. The summed E-state index contributed by atoms with van der Waals surface area (Å²) in [5.41, 5.74) is -0.296. The van der Waals surface area contributed by atoms with Gasteiger partial charge in [0.05, 0.1) is 10.3 Å². The van der Waals surface area contributed by atoms with E-state index in [9.17, 15) is 19.7 Å². The van der Waals surface area contributed by atoms with Crippen molar-refractivity contribution in [3.8, 4) is 0 Å². The van der Waals surface area contributed by atoms with E-state index >= 15 is 0 Å². The Morgan fingerprint density at radius 2 is 1.85 bits per heavy atom. The van der Waals surface area contributed by atoms with Gasteiger partial charge in [-0.1, -0.05) is 41.9 Å². The summed E-state index contributed by atoms with van der Waals surface area (Å²) in [5.74, 6) is -1.17. The highest BCUT2D eigenvalue weighted by atomic mass is 35.5. The summed E-state index contributed by atoms with van der Waals surface area (Å²) in [6, 6.07) is 12.9. The molecule has 136 valence electrons. The normalized spacial score (nSPS) is 10.9. The molecule has 7 nitrogen and oxygen atoms in total. The fourth-order valence-corrected chi connectivity index (χ4v) is 2.40. The Morgan fingerprint density at radius 1 is 1.19 bits per heavy atom. The van der Waals surface area contributed by atoms with E-state index in [0.29, 0.717) is 0 Å². The van der Waals surface area contributed by atoms with Gasteiger partial charge in [0.2, 0.25) is 0 Å². The molecule has 1 amide bonds. The van der Waals surface area contributed by atoms with Gasteiger partial charge < -0.3 is 10.1 Å². The molecule has 0 heterocycles. The van der Waals surface area contributed by atoms with Gasteiger partial charge in [-0.3, -0.25) is 19.7 Å². The number of amides is 1. The molecule has 0 aliphatic carbocycles. The first-order chi connectivity index (χ1) is 12.2. The van der Waals surface area contributed by atoms with Crippen molar-refractivity contribution in [2.45, 2.75) is 19.3 Å². The SMILES string of the molecule is CC(C)(C(=O)OCC(=O)Nc1ccc(Cl)c([N+](=O)[O-])c1)c1ccccc1. The Hall–Kier alpha value is -2.93. The van der Waals surface area contributed by atoms with E-state index < -0.39 is 28.8 Å². The second-order valence-corrected chi connectivity index (χ2v) is 6.45. The molecule has 0 unspecified atom stereocenters. The van der Waals surface area contributed by atoms with Crippen molar-refractivity contribution >= 4 is 34.9 Å². The van der Waals surface area contributed by atoms with Crippen molar-refractivity contribution in [1.29, 1.82) is 0 Å². The molecule has 1 N–H and O–H groups in total. The van der Waals surface area contributed by atoms with Crippen LogP contribution in [-0.4, -0.2) is 23.4 Å². The summed E-state index contributed by atoms with van der Waals surface area (Å²) in [6.07, 6.45) is 0. The van der Waals surface area contributed by atoms with Gasteiger partial charge in [0, 0.05) is 11.8 Å². The Kier molecular flexibility index (Phi) is 5.94. The van der Waals surface area contributed by atoms with Crippen molar-refractivity contribution in [1.82, 2.24) is 0 Å². The van der Waals surface area contributed by atoms with Gasteiger partial charge in [-0.05, 0) is 31.5 Å². The number of nitrogens with zero attached hydrogens (tertiary/aromatic N) is 1. The minimum Gasteiger partial charge on any atom is -0.455 e. The largest absolute Gasteiger partial charge is 0.455 e. The number of ether oxygens (including phenoxy) is 1. The smallest absolute Gasteiger partial charge is 0.316 e. The van der Waals surface area contributed by atoms with Gasteiger partial charge in [0.15, 0.2) is 6.61 Å². The van der Waals surface area contributed by atoms with E-state index in [1.807, 2.05) is 18.2 Å². The van der Waals surface area contributed by atoms with Gasteiger partial charge in [-0.15, -0.1) is 0 Å². The van der Waals surface area contributed by atoms with Gasteiger partial charge in [0.1, 0.15) is 5.02 Å². The molecule has 0 aromatic heterocycles. The molecular formula is C18H17ClN2O5. The number of esters is 1. The van der Waals surface area contributed by atoms with Crippen LogP contribution in [0.25, 0.3) is 0 Å². The van der Waals surface area contributed by atoms with E-state index in [1.54, 1.807) is 26.0 Å². The predicted octanol–water partition coefficient (Wildman–Crippen LogP) is 3.71. The number of rotatable bonds is 6. The highest BCUT2D eigenvalue weighted by Gasteiger charge is 2.31. The van der Waals surface area contributed by atoms with Crippen LogP contribution in [0.3, 0.4) is 0 Å². The summed E-state index contributed by atoms with van der Waals surface area (Å²) in [6.45, 7) is 2.89. The topological polar surface area (TPSA) is 98.5 Å². The fourth-order valence-electron chi connectivity index (χ4n) is 2.21. The Morgan fingerprint density at radius 3 is 2.46 bits per heavy atom. The van der Waals surface area contributed by atoms with Gasteiger partial charge in [-0.2, -0.15) is 0 Å². The molecule has 0 saturated carbocycles. The molecule has 0 radical (unpaired) electrons. The molecule has 2 rings (SSSR count). The van der Waals surface area contributed by atoms with Crippen molar-refractivity contribution in [3.63, 3.8) is 0 Å². The first-order valence-electron chi connectivity index (χ1n) is 7.68. The van der Waals surface area contributed by atoms with Gasteiger partial charge in [-0.25, -0.2) is 0 Å². The number of carbonyl (C=O) groups excluding carboxylic acids is 2. The maximum atomic E-state index is 12.3. The number of halogens is 1. The van der Waals surface area contributed by atoms with Crippen LogP contribution >= 0.6 is 11.6 Å². The number of nitrogens with one attached hydrogen (secondary N) is 1. The molecule has 0 fully saturated rings.